The van der Waals surface area contributed by atoms with Crippen LogP contribution in [0.1, 0.15) is 36.1 Å². The summed E-state index contributed by atoms with van der Waals surface area (Å²) in [6.45, 7) is 2.18. The first-order valence-corrected chi connectivity index (χ1v) is 7.21. The summed E-state index contributed by atoms with van der Waals surface area (Å²) in [7, 11) is 1.69. The van der Waals surface area contributed by atoms with Crippen LogP contribution in [0.5, 0.6) is 5.75 Å². The highest BCUT2D eigenvalue weighted by molar-refractivity contribution is 5.31. The van der Waals surface area contributed by atoms with Gasteiger partial charge in [-0.05, 0) is 48.1 Å². The van der Waals surface area contributed by atoms with E-state index in [4.69, 9.17) is 10.5 Å². The second-order valence-corrected chi connectivity index (χ2v) is 5.05. The molecule has 0 saturated carbocycles. The minimum absolute atomic E-state index is 0.105. The van der Waals surface area contributed by atoms with Crippen molar-refractivity contribution >= 4 is 0 Å². The topological polar surface area (TPSA) is 35.2 Å². The summed E-state index contributed by atoms with van der Waals surface area (Å²) in [5.41, 5.74) is 10.3. The van der Waals surface area contributed by atoms with Gasteiger partial charge in [-0.3, -0.25) is 0 Å². The molecular formula is C18H23NO. The van der Waals surface area contributed by atoms with E-state index < -0.39 is 0 Å². The molecule has 0 fully saturated rings. The molecule has 0 bridgehead atoms. The lowest BCUT2D eigenvalue weighted by Crippen LogP contribution is -2.13. The Balaban J connectivity index is 1.98. The van der Waals surface area contributed by atoms with Crippen LogP contribution in [0.15, 0.2) is 48.5 Å². The normalized spacial score (nSPS) is 12.2. The predicted octanol–water partition coefficient (Wildman–Crippen LogP) is 3.89. The van der Waals surface area contributed by atoms with Crippen LogP contribution in [0.4, 0.5) is 0 Å². The highest BCUT2D eigenvalue weighted by Gasteiger charge is 2.09. The molecule has 0 radical (unpaired) electrons. The summed E-state index contributed by atoms with van der Waals surface area (Å²) >= 11 is 0. The van der Waals surface area contributed by atoms with Gasteiger partial charge in [0.2, 0.25) is 0 Å². The van der Waals surface area contributed by atoms with Gasteiger partial charge in [-0.1, -0.05) is 43.3 Å². The van der Waals surface area contributed by atoms with Gasteiger partial charge < -0.3 is 10.5 Å². The molecule has 2 rings (SSSR count). The first kappa shape index (κ1) is 14.6. The van der Waals surface area contributed by atoms with E-state index in [0.717, 1.165) is 25.0 Å². The second kappa shape index (κ2) is 7.11. The zero-order chi connectivity index (χ0) is 14.4. The Hall–Kier alpha value is -1.80. The first-order valence-electron chi connectivity index (χ1n) is 7.21. The SMILES string of the molecule is CCc1ccccc1C(N)CCc1ccc(OC)cc1. The van der Waals surface area contributed by atoms with E-state index in [1.54, 1.807) is 7.11 Å². The molecular weight excluding hydrogens is 246 g/mol. The third-order valence-electron chi connectivity index (χ3n) is 3.74. The summed E-state index contributed by atoms with van der Waals surface area (Å²) in [6, 6.07) is 16.8. The molecule has 2 nitrogen and oxygen atoms in total. The molecule has 1 unspecified atom stereocenters. The average molecular weight is 269 g/mol. The van der Waals surface area contributed by atoms with Gasteiger partial charge in [-0.2, -0.15) is 0 Å². The number of nitrogens with two attached hydrogens (primary N) is 1. The molecule has 0 aliphatic carbocycles. The number of ether oxygens (including phenoxy) is 1. The van der Waals surface area contributed by atoms with Gasteiger partial charge >= 0.3 is 0 Å². The monoisotopic (exact) mass is 269 g/mol. The highest BCUT2D eigenvalue weighted by atomic mass is 16.5. The third-order valence-corrected chi connectivity index (χ3v) is 3.74. The molecule has 0 heterocycles. The molecule has 2 N–H and O–H groups in total. The van der Waals surface area contributed by atoms with Crippen LogP contribution < -0.4 is 10.5 Å². The van der Waals surface area contributed by atoms with Gasteiger partial charge in [0, 0.05) is 6.04 Å². The lowest BCUT2D eigenvalue weighted by molar-refractivity contribution is 0.414. The molecule has 2 heteroatoms. The van der Waals surface area contributed by atoms with E-state index in [-0.39, 0.29) is 6.04 Å². The predicted molar refractivity (Wildman–Crippen MR) is 84.1 cm³/mol. The zero-order valence-electron chi connectivity index (χ0n) is 12.3. The molecule has 2 aromatic rings. The van der Waals surface area contributed by atoms with Crippen molar-refractivity contribution in [2.75, 3.05) is 7.11 Å². The highest BCUT2D eigenvalue weighted by Crippen LogP contribution is 2.22. The molecule has 0 amide bonds. The van der Waals surface area contributed by atoms with Gasteiger partial charge in [-0.15, -0.1) is 0 Å². The van der Waals surface area contributed by atoms with Gasteiger partial charge in [0.1, 0.15) is 5.75 Å². The van der Waals surface area contributed by atoms with E-state index in [9.17, 15) is 0 Å². The van der Waals surface area contributed by atoms with Crippen LogP contribution in [-0.4, -0.2) is 7.11 Å². The van der Waals surface area contributed by atoms with Crippen LogP contribution in [0.25, 0.3) is 0 Å². The fourth-order valence-electron chi connectivity index (χ4n) is 2.49. The first-order chi connectivity index (χ1) is 9.74. The largest absolute Gasteiger partial charge is 0.497 e. The smallest absolute Gasteiger partial charge is 0.118 e. The van der Waals surface area contributed by atoms with E-state index in [1.807, 2.05) is 12.1 Å². The zero-order valence-corrected chi connectivity index (χ0v) is 12.3. The van der Waals surface area contributed by atoms with E-state index >= 15 is 0 Å². The summed E-state index contributed by atoms with van der Waals surface area (Å²) in [4.78, 5) is 0. The lowest BCUT2D eigenvalue weighted by Gasteiger charge is -2.16. The molecule has 0 saturated heterocycles. The van der Waals surface area contributed by atoms with Crippen LogP contribution >= 0.6 is 0 Å². The van der Waals surface area contributed by atoms with Crippen molar-refractivity contribution in [2.24, 2.45) is 5.73 Å². The third kappa shape index (κ3) is 3.61. The Labute approximate surface area is 121 Å². The van der Waals surface area contributed by atoms with Gasteiger partial charge in [0.15, 0.2) is 0 Å². The Bertz CT molecular complexity index is 533. The van der Waals surface area contributed by atoms with Crippen LogP contribution in [0, 0.1) is 0 Å². The van der Waals surface area contributed by atoms with Crippen molar-refractivity contribution in [3.63, 3.8) is 0 Å². The molecule has 0 aromatic heterocycles. The van der Waals surface area contributed by atoms with Gasteiger partial charge in [-0.25, -0.2) is 0 Å². The van der Waals surface area contributed by atoms with Crippen molar-refractivity contribution < 1.29 is 4.74 Å². The number of aryl methyl sites for hydroxylation is 2. The molecule has 1 atom stereocenters. The molecule has 2 aromatic carbocycles. The van der Waals surface area contributed by atoms with Crippen LogP contribution in [0.3, 0.4) is 0 Å². The number of benzene rings is 2. The molecule has 20 heavy (non-hydrogen) atoms. The standard InChI is InChI=1S/C18H23NO/c1-3-15-6-4-5-7-17(15)18(19)13-10-14-8-11-16(20-2)12-9-14/h4-9,11-12,18H,3,10,13,19H2,1-2H3. The lowest BCUT2D eigenvalue weighted by atomic mass is 9.94. The van der Waals surface area contributed by atoms with E-state index in [0.29, 0.717) is 0 Å². The number of rotatable bonds is 6. The van der Waals surface area contributed by atoms with Crippen LogP contribution in [0.2, 0.25) is 0 Å². The Morgan fingerprint density at radius 1 is 1.05 bits per heavy atom. The molecule has 0 aliphatic rings. The number of hydrogen-bond acceptors (Lipinski definition) is 2. The van der Waals surface area contributed by atoms with Crippen molar-refractivity contribution in [1.29, 1.82) is 0 Å². The summed E-state index contributed by atoms with van der Waals surface area (Å²) in [5.74, 6) is 0.898. The Morgan fingerprint density at radius 2 is 1.75 bits per heavy atom. The maximum Gasteiger partial charge on any atom is 0.118 e. The average Bonchev–Trinajstić information content (AvgIpc) is 2.53. The summed E-state index contributed by atoms with van der Waals surface area (Å²) < 4.78 is 5.17. The molecule has 106 valence electrons. The summed E-state index contributed by atoms with van der Waals surface area (Å²) in [5, 5.41) is 0. The van der Waals surface area contributed by atoms with Crippen molar-refractivity contribution in [1.82, 2.24) is 0 Å². The van der Waals surface area contributed by atoms with E-state index in [2.05, 4.69) is 43.3 Å². The van der Waals surface area contributed by atoms with Gasteiger partial charge in [0.25, 0.3) is 0 Å². The fourth-order valence-corrected chi connectivity index (χ4v) is 2.49. The van der Waals surface area contributed by atoms with Crippen molar-refractivity contribution in [3.8, 4) is 5.75 Å². The molecule has 0 spiro atoms. The minimum atomic E-state index is 0.105. The van der Waals surface area contributed by atoms with Gasteiger partial charge in [0.05, 0.1) is 7.11 Å². The maximum atomic E-state index is 6.35. The quantitative estimate of drug-likeness (QED) is 0.863. The number of hydrogen-bond donors (Lipinski definition) is 1. The Morgan fingerprint density at radius 3 is 2.40 bits per heavy atom. The van der Waals surface area contributed by atoms with Crippen molar-refractivity contribution in [3.05, 3.63) is 65.2 Å². The number of methoxy groups -OCH3 is 1. The van der Waals surface area contributed by atoms with Crippen molar-refractivity contribution in [2.45, 2.75) is 32.2 Å². The second-order valence-electron chi connectivity index (χ2n) is 5.05. The molecule has 0 aliphatic heterocycles. The van der Waals surface area contributed by atoms with Crippen LogP contribution in [-0.2, 0) is 12.8 Å². The fraction of sp³-hybridized carbons (Fsp3) is 0.333. The maximum absolute atomic E-state index is 6.35. The Kier molecular flexibility index (Phi) is 5.19. The van der Waals surface area contributed by atoms with E-state index in [1.165, 1.54) is 16.7 Å². The minimum Gasteiger partial charge on any atom is -0.497 e. The summed E-state index contributed by atoms with van der Waals surface area (Å²) in [6.07, 6.45) is 2.99.